The quantitative estimate of drug-likeness (QED) is 0.485. The van der Waals surface area contributed by atoms with Gasteiger partial charge in [0.15, 0.2) is 11.9 Å². The van der Waals surface area contributed by atoms with E-state index in [9.17, 15) is 22.4 Å². The van der Waals surface area contributed by atoms with Gasteiger partial charge in [0, 0.05) is 13.0 Å². The van der Waals surface area contributed by atoms with Crippen molar-refractivity contribution in [3.63, 3.8) is 0 Å². The second-order valence-corrected chi connectivity index (χ2v) is 7.34. The highest BCUT2D eigenvalue weighted by Gasteiger charge is 2.32. The van der Waals surface area contributed by atoms with Gasteiger partial charge in [-0.3, -0.25) is 4.79 Å². The molecular weight excluding hydrogens is 428 g/mol. The van der Waals surface area contributed by atoms with Crippen LogP contribution in [0.2, 0.25) is 0 Å². The first-order chi connectivity index (χ1) is 15.3. The van der Waals surface area contributed by atoms with Crippen molar-refractivity contribution in [3.05, 3.63) is 95.2 Å². The molecule has 166 valence electrons. The van der Waals surface area contributed by atoms with E-state index in [4.69, 9.17) is 9.25 Å². The minimum atomic E-state index is -4.49. The highest BCUT2D eigenvalue weighted by molar-refractivity contribution is 6.01. The van der Waals surface area contributed by atoms with Crippen molar-refractivity contribution < 1.29 is 31.6 Å². The number of halogens is 4. The molecule has 0 spiro atoms. The Morgan fingerprint density at radius 3 is 2.56 bits per heavy atom. The van der Waals surface area contributed by atoms with E-state index < -0.39 is 23.8 Å². The molecule has 1 atom stereocenters. The van der Waals surface area contributed by atoms with Crippen molar-refractivity contribution in [3.8, 4) is 0 Å². The molecule has 0 saturated carbocycles. The summed E-state index contributed by atoms with van der Waals surface area (Å²) in [6, 6.07) is 13.6. The minimum absolute atomic E-state index is 0.0645. The van der Waals surface area contributed by atoms with E-state index >= 15 is 0 Å². The molecule has 4 rings (SSSR count). The van der Waals surface area contributed by atoms with Gasteiger partial charge in [-0.25, -0.2) is 4.39 Å². The Balaban J connectivity index is 1.51. The highest BCUT2D eigenvalue weighted by atomic mass is 19.4. The standard InChI is InChI=1S/C23H18F4N2O3/c24-18-8-6-16(7-9-18)20-12-19(32-28-20)14-29(22(30)21-5-2-10-31-21)13-15-3-1-4-17(11-15)23(25,26)27/h1-11,19H,12-14H2/t19-/m1/s1. The van der Waals surface area contributed by atoms with Crippen LogP contribution in [0.5, 0.6) is 0 Å². The van der Waals surface area contributed by atoms with Crippen LogP contribution in [-0.2, 0) is 17.6 Å². The summed E-state index contributed by atoms with van der Waals surface area (Å²) in [5.41, 5.74) is 0.812. The average molecular weight is 446 g/mol. The van der Waals surface area contributed by atoms with E-state index in [0.717, 1.165) is 12.1 Å². The van der Waals surface area contributed by atoms with E-state index in [1.165, 1.54) is 41.5 Å². The number of rotatable bonds is 6. The van der Waals surface area contributed by atoms with Crippen molar-refractivity contribution in [2.24, 2.45) is 5.16 Å². The molecule has 2 heterocycles. The first-order valence-corrected chi connectivity index (χ1v) is 9.77. The molecule has 2 aromatic carbocycles. The smallest absolute Gasteiger partial charge is 0.416 e. The lowest BCUT2D eigenvalue weighted by atomic mass is 10.0. The minimum Gasteiger partial charge on any atom is -0.459 e. The Hall–Kier alpha value is -3.62. The van der Waals surface area contributed by atoms with Gasteiger partial charge in [0.2, 0.25) is 0 Å². The molecule has 0 radical (unpaired) electrons. The zero-order valence-corrected chi connectivity index (χ0v) is 16.7. The van der Waals surface area contributed by atoms with Gasteiger partial charge in [-0.2, -0.15) is 13.2 Å². The Morgan fingerprint density at radius 1 is 1.09 bits per heavy atom. The molecule has 0 bridgehead atoms. The summed E-state index contributed by atoms with van der Waals surface area (Å²) in [4.78, 5) is 19.8. The molecule has 5 nitrogen and oxygen atoms in total. The second kappa shape index (κ2) is 8.86. The largest absolute Gasteiger partial charge is 0.459 e. The van der Waals surface area contributed by atoms with Crippen LogP contribution in [-0.4, -0.2) is 29.2 Å². The lowest BCUT2D eigenvalue weighted by molar-refractivity contribution is -0.137. The number of oxime groups is 1. The topological polar surface area (TPSA) is 55.0 Å². The molecule has 0 fully saturated rings. The molecule has 9 heteroatoms. The number of amides is 1. The third-order valence-corrected chi connectivity index (χ3v) is 4.98. The van der Waals surface area contributed by atoms with Gasteiger partial charge in [-0.05, 0) is 47.5 Å². The number of benzene rings is 2. The Morgan fingerprint density at radius 2 is 1.88 bits per heavy atom. The zero-order valence-electron chi connectivity index (χ0n) is 16.7. The summed E-state index contributed by atoms with van der Waals surface area (Å²) in [5.74, 6) is -0.790. The number of nitrogens with zero attached hydrogens (tertiary/aromatic N) is 2. The van der Waals surface area contributed by atoms with Crippen LogP contribution in [0.1, 0.15) is 33.7 Å². The van der Waals surface area contributed by atoms with Gasteiger partial charge in [-0.15, -0.1) is 0 Å². The van der Waals surface area contributed by atoms with Crippen LogP contribution in [0, 0.1) is 5.82 Å². The van der Waals surface area contributed by atoms with Crippen molar-refractivity contribution in [1.82, 2.24) is 4.90 Å². The van der Waals surface area contributed by atoms with Crippen LogP contribution < -0.4 is 0 Å². The number of alkyl halides is 3. The summed E-state index contributed by atoms with van der Waals surface area (Å²) in [6.45, 7) is -0.000825. The van der Waals surface area contributed by atoms with Gasteiger partial charge < -0.3 is 14.2 Å². The molecule has 1 amide bonds. The van der Waals surface area contributed by atoms with E-state index in [0.29, 0.717) is 23.3 Å². The van der Waals surface area contributed by atoms with Gasteiger partial charge in [0.25, 0.3) is 5.91 Å². The third kappa shape index (κ3) is 4.99. The van der Waals surface area contributed by atoms with Crippen molar-refractivity contribution in [2.45, 2.75) is 25.2 Å². The lowest BCUT2D eigenvalue weighted by Gasteiger charge is -2.24. The fraction of sp³-hybridized carbons (Fsp3) is 0.217. The van der Waals surface area contributed by atoms with E-state index in [1.807, 2.05) is 0 Å². The monoisotopic (exact) mass is 446 g/mol. The highest BCUT2D eigenvalue weighted by Crippen LogP contribution is 2.30. The first-order valence-electron chi connectivity index (χ1n) is 9.77. The molecule has 0 aliphatic carbocycles. The Labute approximate surface area is 180 Å². The summed E-state index contributed by atoms with van der Waals surface area (Å²) < 4.78 is 57.6. The van der Waals surface area contributed by atoms with Crippen LogP contribution in [0.25, 0.3) is 0 Å². The second-order valence-electron chi connectivity index (χ2n) is 7.34. The molecule has 3 aromatic rings. The van der Waals surface area contributed by atoms with E-state index in [1.54, 1.807) is 18.2 Å². The van der Waals surface area contributed by atoms with Gasteiger partial charge in [0.05, 0.1) is 24.1 Å². The molecule has 0 N–H and O–H groups in total. The molecule has 0 unspecified atom stereocenters. The molecule has 1 aliphatic heterocycles. The number of hydrogen-bond acceptors (Lipinski definition) is 4. The Kier molecular flexibility index (Phi) is 5.98. The van der Waals surface area contributed by atoms with Gasteiger partial charge >= 0.3 is 6.18 Å². The van der Waals surface area contributed by atoms with Crippen molar-refractivity contribution in [1.29, 1.82) is 0 Å². The molecule has 1 aliphatic rings. The molecule has 0 saturated heterocycles. The van der Waals surface area contributed by atoms with Crippen LogP contribution in [0.15, 0.2) is 76.5 Å². The van der Waals surface area contributed by atoms with Gasteiger partial charge in [0.1, 0.15) is 5.82 Å². The zero-order chi connectivity index (χ0) is 22.7. The van der Waals surface area contributed by atoms with Crippen LogP contribution in [0.3, 0.4) is 0 Å². The number of hydrogen-bond donors (Lipinski definition) is 0. The van der Waals surface area contributed by atoms with Crippen molar-refractivity contribution >= 4 is 11.6 Å². The van der Waals surface area contributed by atoms with Crippen molar-refractivity contribution in [2.75, 3.05) is 6.54 Å². The summed E-state index contributed by atoms with van der Waals surface area (Å²) in [6.07, 6.45) is -3.30. The maximum absolute atomic E-state index is 13.2. The van der Waals surface area contributed by atoms with Crippen LogP contribution >= 0.6 is 0 Å². The fourth-order valence-corrected chi connectivity index (χ4v) is 3.43. The molecular formula is C23H18F4N2O3. The number of furan rings is 1. The number of carbonyl (C=O) groups excluding carboxylic acids is 1. The maximum Gasteiger partial charge on any atom is 0.416 e. The SMILES string of the molecule is O=C(c1ccco1)N(Cc1cccc(C(F)(F)F)c1)C[C@H]1CC(c2ccc(F)cc2)=NO1. The summed E-state index contributed by atoms with van der Waals surface area (Å²) in [5, 5.41) is 4.03. The summed E-state index contributed by atoms with van der Waals surface area (Å²) >= 11 is 0. The predicted octanol–water partition coefficient (Wildman–Crippen LogP) is 5.27. The fourth-order valence-electron chi connectivity index (χ4n) is 3.43. The lowest BCUT2D eigenvalue weighted by Crippen LogP contribution is -2.37. The maximum atomic E-state index is 13.2. The summed E-state index contributed by atoms with van der Waals surface area (Å²) in [7, 11) is 0. The van der Waals surface area contributed by atoms with Gasteiger partial charge in [-0.1, -0.05) is 29.4 Å². The average Bonchev–Trinajstić information content (AvgIpc) is 3.45. The molecule has 32 heavy (non-hydrogen) atoms. The Bertz CT molecular complexity index is 1110. The first kappa shape index (κ1) is 21.6. The van der Waals surface area contributed by atoms with E-state index in [-0.39, 0.29) is 24.7 Å². The number of carbonyl (C=O) groups is 1. The molecule has 1 aromatic heterocycles. The predicted molar refractivity (Wildman–Crippen MR) is 107 cm³/mol. The van der Waals surface area contributed by atoms with Crippen LogP contribution in [0.4, 0.5) is 17.6 Å². The van der Waals surface area contributed by atoms with E-state index in [2.05, 4.69) is 5.16 Å². The third-order valence-electron chi connectivity index (χ3n) is 4.98. The normalized spacial score (nSPS) is 15.9.